The highest BCUT2D eigenvalue weighted by atomic mass is 35.5. The lowest BCUT2D eigenvalue weighted by molar-refractivity contribution is 0.269. The van der Waals surface area contributed by atoms with E-state index < -0.39 is 5.82 Å². The molecule has 0 amide bonds. The van der Waals surface area contributed by atoms with E-state index in [-0.39, 0.29) is 10.4 Å². The third-order valence-electron chi connectivity index (χ3n) is 2.55. The summed E-state index contributed by atoms with van der Waals surface area (Å²) in [6.45, 7) is 4.31. The number of ether oxygens (including phenoxy) is 1. The van der Waals surface area contributed by atoms with Crippen LogP contribution in [0.1, 0.15) is 20.3 Å². The highest BCUT2D eigenvalue weighted by molar-refractivity contribution is 7.80. The Morgan fingerprint density at radius 1 is 1.53 bits per heavy atom. The molecule has 0 spiro atoms. The first kappa shape index (κ1) is 14.2. The van der Waals surface area contributed by atoms with Crippen molar-refractivity contribution < 1.29 is 9.13 Å². The minimum atomic E-state index is -0.488. The average molecular weight is 276 g/mol. The topological polar surface area (TPSA) is 35.2 Å². The number of halogens is 2. The number of thiocarbonyl (C=S) groups is 1. The van der Waals surface area contributed by atoms with E-state index in [9.17, 15) is 4.39 Å². The van der Waals surface area contributed by atoms with Crippen molar-refractivity contribution in [3.63, 3.8) is 0 Å². The zero-order valence-electron chi connectivity index (χ0n) is 9.80. The van der Waals surface area contributed by atoms with Crippen molar-refractivity contribution >= 4 is 28.8 Å². The molecule has 0 aromatic heterocycles. The molecule has 1 aromatic carbocycles. The molecule has 94 valence electrons. The van der Waals surface area contributed by atoms with Crippen molar-refractivity contribution in [2.24, 2.45) is 11.1 Å². The highest BCUT2D eigenvalue weighted by Gasteiger charge is 2.21. The van der Waals surface area contributed by atoms with Gasteiger partial charge in [-0.25, -0.2) is 4.39 Å². The second-order valence-corrected chi connectivity index (χ2v) is 5.27. The maximum Gasteiger partial charge on any atom is 0.145 e. The van der Waals surface area contributed by atoms with E-state index in [0.29, 0.717) is 23.8 Å². The van der Waals surface area contributed by atoms with Gasteiger partial charge in [-0.15, -0.1) is 0 Å². The zero-order chi connectivity index (χ0) is 13.1. The van der Waals surface area contributed by atoms with Crippen molar-refractivity contribution in [1.82, 2.24) is 0 Å². The van der Waals surface area contributed by atoms with Gasteiger partial charge >= 0.3 is 0 Å². The van der Waals surface area contributed by atoms with Crippen LogP contribution in [-0.2, 0) is 0 Å². The van der Waals surface area contributed by atoms with Crippen LogP contribution in [0.3, 0.4) is 0 Å². The smallest absolute Gasteiger partial charge is 0.145 e. The van der Waals surface area contributed by atoms with Gasteiger partial charge in [0, 0.05) is 11.5 Å². The molecule has 0 saturated heterocycles. The van der Waals surface area contributed by atoms with Crippen LogP contribution in [0.15, 0.2) is 18.2 Å². The van der Waals surface area contributed by atoms with Crippen molar-refractivity contribution in [2.45, 2.75) is 20.3 Å². The number of hydrogen-bond donors (Lipinski definition) is 1. The SMILES string of the molecule is CC(C)(CCOc1ccc(Cl)c(F)c1)C(N)=S. The van der Waals surface area contributed by atoms with Crippen LogP contribution in [0.2, 0.25) is 5.02 Å². The van der Waals surface area contributed by atoms with Gasteiger partial charge < -0.3 is 10.5 Å². The third-order valence-corrected chi connectivity index (χ3v) is 3.41. The molecule has 0 aliphatic heterocycles. The quantitative estimate of drug-likeness (QED) is 0.835. The molecule has 0 atom stereocenters. The standard InChI is InChI=1S/C12H15ClFNOS/c1-12(2,11(15)17)5-6-16-8-3-4-9(13)10(14)7-8/h3-4,7H,5-6H2,1-2H3,(H2,15,17). The van der Waals surface area contributed by atoms with Gasteiger partial charge in [0.15, 0.2) is 0 Å². The molecule has 0 bridgehead atoms. The van der Waals surface area contributed by atoms with Gasteiger partial charge in [-0.05, 0) is 18.6 Å². The second kappa shape index (κ2) is 5.65. The monoisotopic (exact) mass is 275 g/mol. The molecule has 1 rings (SSSR count). The summed E-state index contributed by atoms with van der Waals surface area (Å²) in [7, 11) is 0. The fourth-order valence-electron chi connectivity index (χ4n) is 1.11. The number of rotatable bonds is 5. The maximum absolute atomic E-state index is 13.1. The summed E-state index contributed by atoms with van der Waals surface area (Å²) in [6, 6.07) is 4.35. The van der Waals surface area contributed by atoms with E-state index >= 15 is 0 Å². The van der Waals surface area contributed by atoms with Crippen LogP contribution >= 0.6 is 23.8 Å². The van der Waals surface area contributed by atoms with Gasteiger partial charge in [-0.2, -0.15) is 0 Å². The minimum absolute atomic E-state index is 0.0841. The van der Waals surface area contributed by atoms with Crippen LogP contribution in [-0.4, -0.2) is 11.6 Å². The molecule has 0 unspecified atom stereocenters. The summed E-state index contributed by atoms with van der Waals surface area (Å²) in [5, 5.41) is 0.0841. The van der Waals surface area contributed by atoms with E-state index in [1.54, 1.807) is 6.07 Å². The fraction of sp³-hybridized carbons (Fsp3) is 0.417. The van der Waals surface area contributed by atoms with Crippen molar-refractivity contribution in [3.05, 3.63) is 29.0 Å². The molecule has 0 heterocycles. The summed E-state index contributed by atoms with van der Waals surface area (Å²) in [5.74, 6) is -0.0385. The Hall–Kier alpha value is -0.870. The first-order valence-corrected chi connectivity index (χ1v) is 5.99. The molecular formula is C12H15ClFNOS. The van der Waals surface area contributed by atoms with Crippen LogP contribution in [0.5, 0.6) is 5.75 Å². The van der Waals surface area contributed by atoms with Crippen LogP contribution in [0, 0.1) is 11.2 Å². The molecule has 2 nitrogen and oxygen atoms in total. The number of benzene rings is 1. The normalized spacial score (nSPS) is 11.3. The van der Waals surface area contributed by atoms with Gasteiger partial charge in [0.1, 0.15) is 11.6 Å². The molecule has 1 aromatic rings. The van der Waals surface area contributed by atoms with E-state index in [1.165, 1.54) is 12.1 Å². The Bertz CT molecular complexity index is 423. The molecule has 0 radical (unpaired) electrons. The Morgan fingerprint density at radius 2 is 2.18 bits per heavy atom. The minimum Gasteiger partial charge on any atom is -0.493 e. The first-order chi connectivity index (χ1) is 7.83. The van der Waals surface area contributed by atoms with Crippen LogP contribution in [0.4, 0.5) is 4.39 Å². The predicted octanol–water partition coefficient (Wildman–Crippen LogP) is 3.56. The lowest BCUT2D eigenvalue weighted by atomic mass is 9.90. The van der Waals surface area contributed by atoms with E-state index in [1.807, 2.05) is 13.8 Å². The molecule has 0 aliphatic rings. The lowest BCUT2D eigenvalue weighted by Crippen LogP contribution is -2.31. The molecule has 0 fully saturated rings. The molecule has 17 heavy (non-hydrogen) atoms. The third kappa shape index (κ3) is 4.13. The highest BCUT2D eigenvalue weighted by Crippen LogP contribution is 2.23. The lowest BCUT2D eigenvalue weighted by Gasteiger charge is -2.22. The second-order valence-electron chi connectivity index (χ2n) is 4.42. The van der Waals surface area contributed by atoms with Crippen molar-refractivity contribution in [1.29, 1.82) is 0 Å². The summed E-state index contributed by atoms with van der Waals surface area (Å²) in [6.07, 6.45) is 0.673. The Kier molecular flexibility index (Phi) is 4.71. The van der Waals surface area contributed by atoms with Gasteiger partial charge in [0.2, 0.25) is 0 Å². The summed E-state index contributed by atoms with van der Waals surface area (Å²) >= 11 is 10.5. The summed E-state index contributed by atoms with van der Waals surface area (Å²) in [4.78, 5) is 0.448. The molecule has 0 saturated carbocycles. The number of hydrogen-bond acceptors (Lipinski definition) is 2. The van der Waals surface area contributed by atoms with Crippen molar-refractivity contribution in [3.8, 4) is 5.75 Å². The van der Waals surface area contributed by atoms with Gasteiger partial charge in [0.25, 0.3) is 0 Å². The Morgan fingerprint density at radius 3 is 2.71 bits per heavy atom. The molecule has 0 aliphatic carbocycles. The van der Waals surface area contributed by atoms with Gasteiger partial charge in [-0.3, -0.25) is 0 Å². The maximum atomic E-state index is 13.1. The van der Waals surface area contributed by atoms with Crippen LogP contribution < -0.4 is 10.5 Å². The van der Waals surface area contributed by atoms with Gasteiger partial charge in [0.05, 0.1) is 16.6 Å². The number of nitrogens with two attached hydrogens (primary N) is 1. The molecular weight excluding hydrogens is 261 g/mol. The fourth-order valence-corrected chi connectivity index (χ4v) is 1.33. The predicted molar refractivity (Wildman–Crippen MR) is 72.1 cm³/mol. The van der Waals surface area contributed by atoms with Crippen LogP contribution in [0.25, 0.3) is 0 Å². The Labute approximate surface area is 111 Å². The van der Waals surface area contributed by atoms with Gasteiger partial charge in [-0.1, -0.05) is 37.7 Å². The Balaban J connectivity index is 2.51. The zero-order valence-corrected chi connectivity index (χ0v) is 11.4. The summed E-state index contributed by atoms with van der Waals surface area (Å²) < 4.78 is 18.5. The first-order valence-electron chi connectivity index (χ1n) is 5.21. The van der Waals surface area contributed by atoms with E-state index in [2.05, 4.69) is 0 Å². The molecule has 5 heteroatoms. The average Bonchev–Trinajstić information content (AvgIpc) is 2.23. The van der Waals surface area contributed by atoms with E-state index in [4.69, 9.17) is 34.3 Å². The molecule has 2 N–H and O–H groups in total. The van der Waals surface area contributed by atoms with Crippen molar-refractivity contribution in [2.75, 3.05) is 6.61 Å². The summed E-state index contributed by atoms with van der Waals surface area (Å²) in [5.41, 5.74) is 5.33. The largest absolute Gasteiger partial charge is 0.493 e. The van der Waals surface area contributed by atoms with E-state index in [0.717, 1.165) is 0 Å².